The van der Waals surface area contributed by atoms with Crippen LogP contribution in [-0.2, 0) is 11.2 Å². The first-order valence-corrected chi connectivity index (χ1v) is 5.03. The van der Waals surface area contributed by atoms with Gasteiger partial charge in [-0.25, -0.2) is 10.4 Å². The first-order valence-electron chi connectivity index (χ1n) is 5.03. The molecule has 6 N–H and O–H groups in total. The molecule has 1 atom stereocenters. The molecule has 1 aromatic rings. The predicted octanol–water partition coefficient (Wildman–Crippen LogP) is -0.0970. The molecular weight excluding hydrogens is 208 g/mol. The van der Waals surface area contributed by atoms with Gasteiger partial charge in [0.25, 0.3) is 0 Å². The third kappa shape index (κ3) is 3.48. The average Bonchev–Trinajstić information content (AvgIpc) is 2.26. The maximum absolute atomic E-state index is 10.7. The second-order valence-corrected chi connectivity index (χ2v) is 3.50. The van der Waals surface area contributed by atoms with E-state index in [2.05, 4.69) is 10.4 Å². The maximum Gasteiger partial charge on any atom is 0.322 e. The number of aryl methyl sites for hydroxylation is 1. The van der Waals surface area contributed by atoms with E-state index in [-0.39, 0.29) is 0 Å². The zero-order chi connectivity index (χ0) is 12.0. The van der Waals surface area contributed by atoms with Gasteiger partial charge in [-0.05, 0) is 30.9 Å². The SMILES string of the molecule is NN[C@@H](CCCc1cccnc1N)C(=O)O. The van der Waals surface area contributed by atoms with Crippen LogP contribution in [0, 0.1) is 0 Å². The van der Waals surface area contributed by atoms with Gasteiger partial charge in [-0.3, -0.25) is 10.6 Å². The van der Waals surface area contributed by atoms with Gasteiger partial charge in [-0.2, -0.15) is 0 Å². The lowest BCUT2D eigenvalue weighted by Gasteiger charge is -2.10. The first kappa shape index (κ1) is 12.4. The number of aliphatic carboxylic acids is 1. The van der Waals surface area contributed by atoms with Crippen molar-refractivity contribution in [3.05, 3.63) is 23.9 Å². The fourth-order valence-corrected chi connectivity index (χ4v) is 1.44. The van der Waals surface area contributed by atoms with Crippen LogP contribution in [0.3, 0.4) is 0 Å². The normalized spacial score (nSPS) is 12.3. The molecule has 0 saturated heterocycles. The van der Waals surface area contributed by atoms with Gasteiger partial charge >= 0.3 is 5.97 Å². The van der Waals surface area contributed by atoms with E-state index >= 15 is 0 Å². The first-order chi connectivity index (χ1) is 7.65. The molecule has 0 unspecified atom stereocenters. The summed E-state index contributed by atoms with van der Waals surface area (Å²) in [6.45, 7) is 0. The summed E-state index contributed by atoms with van der Waals surface area (Å²) in [6, 6.07) is 2.98. The van der Waals surface area contributed by atoms with E-state index in [0.717, 1.165) is 5.56 Å². The predicted molar refractivity (Wildman–Crippen MR) is 60.3 cm³/mol. The smallest absolute Gasteiger partial charge is 0.322 e. The Morgan fingerprint density at radius 2 is 2.38 bits per heavy atom. The number of carboxylic acids is 1. The van der Waals surface area contributed by atoms with Gasteiger partial charge in [0.1, 0.15) is 11.9 Å². The van der Waals surface area contributed by atoms with Crippen molar-refractivity contribution < 1.29 is 9.90 Å². The number of nitrogens with one attached hydrogen (secondary N) is 1. The number of carbonyl (C=O) groups is 1. The minimum Gasteiger partial charge on any atom is -0.480 e. The van der Waals surface area contributed by atoms with Gasteiger partial charge in [0.2, 0.25) is 0 Å². The number of anilines is 1. The lowest BCUT2D eigenvalue weighted by Crippen LogP contribution is -2.41. The number of nitrogens with zero attached hydrogens (tertiary/aromatic N) is 1. The van der Waals surface area contributed by atoms with Crippen molar-refractivity contribution >= 4 is 11.8 Å². The van der Waals surface area contributed by atoms with Crippen LogP contribution < -0.4 is 17.0 Å². The molecule has 0 aromatic carbocycles. The highest BCUT2D eigenvalue weighted by Gasteiger charge is 2.14. The molecule has 0 aliphatic carbocycles. The van der Waals surface area contributed by atoms with Crippen LogP contribution in [0.15, 0.2) is 18.3 Å². The summed E-state index contributed by atoms with van der Waals surface area (Å²) >= 11 is 0. The fourth-order valence-electron chi connectivity index (χ4n) is 1.44. The van der Waals surface area contributed by atoms with E-state index in [1.807, 2.05) is 12.1 Å². The lowest BCUT2D eigenvalue weighted by atomic mass is 10.1. The topological polar surface area (TPSA) is 114 Å². The molecule has 6 heteroatoms. The molecule has 0 fully saturated rings. The van der Waals surface area contributed by atoms with Gasteiger partial charge in [-0.1, -0.05) is 6.07 Å². The van der Waals surface area contributed by atoms with E-state index < -0.39 is 12.0 Å². The van der Waals surface area contributed by atoms with E-state index in [1.54, 1.807) is 6.20 Å². The van der Waals surface area contributed by atoms with E-state index in [1.165, 1.54) is 0 Å². The summed E-state index contributed by atoms with van der Waals surface area (Å²) in [7, 11) is 0. The molecule has 0 bridgehead atoms. The van der Waals surface area contributed by atoms with Gasteiger partial charge < -0.3 is 10.8 Å². The van der Waals surface area contributed by atoms with Gasteiger partial charge in [0.15, 0.2) is 0 Å². The Morgan fingerprint density at radius 3 is 2.94 bits per heavy atom. The van der Waals surface area contributed by atoms with E-state index in [9.17, 15) is 4.79 Å². The van der Waals surface area contributed by atoms with E-state index in [4.69, 9.17) is 16.7 Å². The minimum absolute atomic E-state index is 0.458. The monoisotopic (exact) mass is 224 g/mol. The Balaban J connectivity index is 2.41. The molecule has 0 amide bonds. The standard InChI is InChI=1S/C10H16N4O2/c11-9-7(4-2-6-13-9)3-1-5-8(14-12)10(15)16/h2,4,6,8,14H,1,3,5,12H2,(H2,11,13)(H,15,16)/t8-/m0/s1. The molecule has 0 aliphatic heterocycles. The molecule has 0 saturated carbocycles. The van der Waals surface area contributed by atoms with Crippen LogP contribution in [-0.4, -0.2) is 22.1 Å². The van der Waals surface area contributed by atoms with Gasteiger partial charge in [-0.15, -0.1) is 0 Å². The highest BCUT2D eigenvalue weighted by Crippen LogP contribution is 2.11. The quantitative estimate of drug-likeness (QED) is 0.396. The Kier molecular flexibility index (Phi) is 4.68. The van der Waals surface area contributed by atoms with Crippen LogP contribution in [0.1, 0.15) is 18.4 Å². The van der Waals surface area contributed by atoms with Gasteiger partial charge in [0.05, 0.1) is 0 Å². The van der Waals surface area contributed by atoms with Crippen LogP contribution in [0.25, 0.3) is 0 Å². The lowest BCUT2D eigenvalue weighted by molar-refractivity contribution is -0.139. The summed E-state index contributed by atoms with van der Waals surface area (Å²) in [4.78, 5) is 14.6. The number of rotatable bonds is 6. The number of aromatic nitrogens is 1. The summed E-state index contributed by atoms with van der Waals surface area (Å²) in [5.41, 5.74) is 8.85. The second kappa shape index (κ2) is 6.04. The molecule has 0 aliphatic rings. The molecule has 1 aromatic heterocycles. The highest BCUT2D eigenvalue weighted by atomic mass is 16.4. The van der Waals surface area contributed by atoms with Crippen molar-refractivity contribution in [3.8, 4) is 0 Å². The second-order valence-electron chi connectivity index (χ2n) is 3.50. The molecule has 16 heavy (non-hydrogen) atoms. The Labute approximate surface area is 93.6 Å². The van der Waals surface area contributed by atoms with Crippen molar-refractivity contribution in [2.45, 2.75) is 25.3 Å². The summed E-state index contributed by atoms with van der Waals surface area (Å²) in [6.07, 6.45) is 3.47. The number of pyridine rings is 1. The molecule has 88 valence electrons. The number of nitrogens with two attached hydrogens (primary N) is 2. The highest BCUT2D eigenvalue weighted by molar-refractivity contribution is 5.73. The van der Waals surface area contributed by atoms with Crippen LogP contribution >= 0.6 is 0 Å². The van der Waals surface area contributed by atoms with Crippen LogP contribution in [0.2, 0.25) is 0 Å². The molecule has 6 nitrogen and oxygen atoms in total. The summed E-state index contributed by atoms with van der Waals surface area (Å²) < 4.78 is 0. The van der Waals surface area contributed by atoms with E-state index in [0.29, 0.717) is 25.1 Å². The van der Waals surface area contributed by atoms with Gasteiger partial charge in [0, 0.05) is 6.20 Å². The maximum atomic E-state index is 10.7. The number of hydrogen-bond acceptors (Lipinski definition) is 5. The molecule has 1 rings (SSSR count). The van der Waals surface area contributed by atoms with Crippen molar-refractivity contribution in [2.75, 3.05) is 5.73 Å². The number of hydrogen-bond donors (Lipinski definition) is 4. The number of nitrogen functional groups attached to an aromatic ring is 1. The molecule has 0 spiro atoms. The number of hydrazine groups is 1. The van der Waals surface area contributed by atoms with Crippen molar-refractivity contribution in [1.82, 2.24) is 10.4 Å². The molecular formula is C10H16N4O2. The summed E-state index contributed by atoms with van der Waals surface area (Å²) in [5.74, 6) is 4.67. The summed E-state index contributed by atoms with van der Waals surface area (Å²) in [5, 5.41) is 8.75. The zero-order valence-electron chi connectivity index (χ0n) is 8.89. The molecule has 1 heterocycles. The van der Waals surface area contributed by atoms with Crippen molar-refractivity contribution in [2.24, 2.45) is 5.84 Å². The van der Waals surface area contributed by atoms with Crippen LogP contribution in [0.5, 0.6) is 0 Å². The zero-order valence-corrected chi connectivity index (χ0v) is 8.89. The Hall–Kier alpha value is -1.66. The minimum atomic E-state index is -0.943. The third-order valence-electron chi connectivity index (χ3n) is 2.36. The Morgan fingerprint density at radius 1 is 1.62 bits per heavy atom. The Bertz CT molecular complexity index is 356. The van der Waals surface area contributed by atoms with Crippen LogP contribution in [0.4, 0.5) is 5.82 Å². The van der Waals surface area contributed by atoms with Crippen molar-refractivity contribution in [1.29, 1.82) is 0 Å². The van der Waals surface area contributed by atoms with Crippen molar-refractivity contribution in [3.63, 3.8) is 0 Å². The average molecular weight is 224 g/mol. The largest absolute Gasteiger partial charge is 0.480 e. The number of carboxylic acid groups (broad SMARTS) is 1. The fraction of sp³-hybridized carbons (Fsp3) is 0.400. The molecule has 0 radical (unpaired) electrons. The third-order valence-corrected chi connectivity index (χ3v) is 2.36.